The molecule has 1 aliphatic heterocycles. The number of aromatic nitrogens is 4. The number of para-hydroxylation sites is 1. The molecule has 7 aromatic rings. The summed E-state index contributed by atoms with van der Waals surface area (Å²) in [4.78, 5) is 23.4. The summed E-state index contributed by atoms with van der Waals surface area (Å²) in [6.45, 7) is 2.39. The Morgan fingerprint density at radius 1 is 0.889 bits per heavy atom. The van der Waals surface area contributed by atoms with Crippen molar-refractivity contribution in [2.24, 2.45) is 0 Å². The van der Waals surface area contributed by atoms with E-state index in [1.165, 1.54) is 0 Å². The van der Waals surface area contributed by atoms with E-state index < -0.39 is 11.5 Å². The van der Waals surface area contributed by atoms with Crippen molar-refractivity contribution >= 4 is 16.6 Å². The largest absolute Gasteiger partial charge is 0.493 e. The van der Waals surface area contributed by atoms with Gasteiger partial charge in [0, 0.05) is 5.56 Å². The van der Waals surface area contributed by atoms with Crippen molar-refractivity contribution in [3.63, 3.8) is 0 Å². The number of fused-ring (bicyclic) bond motifs is 6. The fourth-order valence-electron chi connectivity index (χ4n) is 5.92. The number of hydrogen-bond donors (Lipinski definition) is 0. The molecule has 8 rings (SSSR count). The predicted octanol–water partition coefficient (Wildman–Crippen LogP) is 7.08. The second kappa shape index (κ2) is 10.6. The molecule has 0 spiro atoms. The molecule has 0 radical (unpaired) electrons. The van der Waals surface area contributed by atoms with Gasteiger partial charge in [0.05, 0.1) is 29.5 Å². The number of aryl methyl sites for hydroxylation is 1. The van der Waals surface area contributed by atoms with Crippen LogP contribution in [0.2, 0.25) is 0 Å². The highest BCUT2D eigenvalue weighted by molar-refractivity contribution is 5.87. The zero-order valence-corrected chi connectivity index (χ0v) is 24.4. The molecule has 45 heavy (non-hydrogen) atoms. The number of hydrogen-bond acceptors (Lipinski definition) is 8. The van der Waals surface area contributed by atoms with Gasteiger partial charge in [-0.1, -0.05) is 72.8 Å². The van der Waals surface area contributed by atoms with Gasteiger partial charge in [0.2, 0.25) is 5.88 Å². The molecular formula is C36H26N4O5. The topological polar surface area (TPSA) is 101 Å². The van der Waals surface area contributed by atoms with E-state index in [0.717, 1.165) is 22.3 Å². The number of nitrogens with zero attached hydrogens (tertiary/aromatic N) is 4. The average molecular weight is 595 g/mol. The fraction of sp³-hybridized carbons (Fsp3) is 0.111. The summed E-state index contributed by atoms with van der Waals surface area (Å²) in [7, 11) is 1.59. The Hall–Kier alpha value is -5.96. The van der Waals surface area contributed by atoms with E-state index in [0.29, 0.717) is 63.3 Å². The van der Waals surface area contributed by atoms with Crippen LogP contribution in [0.5, 0.6) is 23.1 Å². The Balaban J connectivity index is 1.33. The molecule has 0 aliphatic carbocycles. The summed E-state index contributed by atoms with van der Waals surface area (Å²) in [5.74, 6) is 1.71. The predicted molar refractivity (Wildman–Crippen MR) is 168 cm³/mol. The summed E-state index contributed by atoms with van der Waals surface area (Å²) in [6, 6.07) is 30.8. The molecule has 1 aliphatic rings. The Kier molecular flexibility index (Phi) is 6.30. The molecule has 0 N–H and O–H groups in total. The Morgan fingerprint density at radius 3 is 2.53 bits per heavy atom. The molecule has 0 saturated carbocycles. The zero-order valence-electron chi connectivity index (χ0n) is 24.4. The van der Waals surface area contributed by atoms with Crippen molar-refractivity contribution in [3.8, 4) is 34.5 Å². The third kappa shape index (κ3) is 4.48. The minimum absolute atomic E-state index is 0.336. The molecule has 1 unspecified atom stereocenters. The molecule has 0 saturated heterocycles. The van der Waals surface area contributed by atoms with E-state index in [2.05, 4.69) is 4.98 Å². The van der Waals surface area contributed by atoms with Crippen LogP contribution in [0.3, 0.4) is 0 Å². The highest BCUT2D eigenvalue weighted by atomic mass is 16.5. The smallest absolute Gasteiger partial charge is 0.344 e. The van der Waals surface area contributed by atoms with Gasteiger partial charge in [-0.2, -0.15) is 0 Å². The first-order valence-corrected chi connectivity index (χ1v) is 14.5. The van der Waals surface area contributed by atoms with Crippen LogP contribution < -0.4 is 19.8 Å². The summed E-state index contributed by atoms with van der Waals surface area (Å²) >= 11 is 0. The normalized spacial score (nSPS) is 13.7. The quantitative estimate of drug-likeness (QED) is 0.188. The van der Waals surface area contributed by atoms with Crippen LogP contribution in [-0.2, 0) is 6.61 Å². The second-order valence-electron chi connectivity index (χ2n) is 10.8. The first-order valence-electron chi connectivity index (χ1n) is 14.5. The average Bonchev–Trinajstić information content (AvgIpc) is 3.51. The maximum absolute atomic E-state index is 13.8. The fourth-order valence-corrected chi connectivity index (χ4v) is 5.92. The van der Waals surface area contributed by atoms with Gasteiger partial charge in [0.15, 0.2) is 28.7 Å². The van der Waals surface area contributed by atoms with Gasteiger partial charge < -0.3 is 18.6 Å². The van der Waals surface area contributed by atoms with Crippen molar-refractivity contribution < 1.29 is 18.6 Å². The van der Waals surface area contributed by atoms with E-state index >= 15 is 0 Å². The molecule has 9 heteroatoms. The lowest BCUT2D eigenvalue weighted by molar-refractivity contribution is 0.284. The molecule has 0 fully saturated rings. The number of methoxy groups -OCH3 is 1. The van der Waals surface area contributed by atoms with E-state index in [1.807, 2.05) is 97.9 Å². The first kappa shape index (κ1) is 26.7. The van der Waals surface area contributed by atoms with Crippen LogP contribution in [0, 0.1) is 6.92 Å². The lowest BCUT2D eigenvalue weighted by atomic mass is 9.84. The van der Waals surface area contributed by atoms with E-state index in [-0.39, 0.29) is 0 Å². The van der Waals surface area contributed by atoms with Crippen molar-refractivity contribution in [1.82, 2.24) is 19.6 Å². The Bertz CT molecular complexity index is 2290. The standard InChI is InChI=1S/C36H26N4O5/c1-21-10-6-7-13-24(21)33-38-34-31-29(23-16-17-27(28(18-23)42-2)43-19-22-11-4-3-5-12-22)30-32(45-35(31)37-20-40(34)39-33)25-14-8-9-15-26(25)44-36(30)41/h3-18,20,29H,19H2,1-2H3. The molecule has 4 heterocycles. The highest BCUT2D eigenvalue weighted by Crippen LogP contribution is 2.50. The van der Waals surface area contributed by atoms with Crippen molar-refractivity contribution in [2.45, 2.75) is 19.4 Å². The first-order chi connectivity index (χ1) is 22.1. The third-order valence-electron chi connectivity index (χ3n) is 8.11. The van der Waals surface area contributed by atoms with E-state index in [1.54, 1.807) is 24.0 Å². The number of rotatable bonds is 6. The summed E-state index contributed by atoms with van der Waals surface area (Å²) < 4.78 is 25.8. The Morgan fingerprint density at radius 2 is 1.69 bits per heavy atom. The minimum Gasteiger partial charge on any atom is -0.493 e. The second-order valence-corrected chi connectivity index (χ2v) is 10.8. The molecule has 4 aromatic carbocycles. The highest BCUT2D eigenvalue weighted by Gasteiger charge is 2.38. The monoisotopic (exact) mass is 594 g/mol. The van der Waals surface area contributed by atoms with Crippen molar-refractivity contribution in [3.05, 3.63) is 142 Å². The SMILES string of the molecule is COc1cc(C2c3c(c4ccccc4oc3=O)Oc3ncn4nc(-c5ccccc5C)nc4c32)ccc1OCc1ccccc1. The van der Waals surface area contributed by atoms with Gasteiger partial charge in [-0.25, -0.2) is 19.3 Å². The lowest BCUT2D eigenvalue weighted by Crippen LogP contribution is -2.22. The third-order valence-corrected chi connectivity index (χ3v) is 8.11. The van der Waals surface area contributed by atoms with Crippen LogP contribution in [-0.4, -0.2) is 26.7 Å². The minimum atomic E-state index is -0.660. The molecule has 1 atom stereocenters. The van der Waals surface area contributed by atoms with E-state index in [4.69, 9.17) is 28.7 Å². The lowest BCUT2D eigenvalue weighted by Gasteiger charge is -2.27. The maximum Gasteiger partial charge on any atom is 0.344 e. The van der Waals surface area contributed by atoms with Gasteiger partial charge in [0.25, 0.3) is 0 Å². The summed E-state index contributed by atoms with van der Waals surface area (Å²) in [5.41, 5.74) is 5.10. The van der Waals surface area contributed by atoms with Gasteiger partial charge in [0.1, 0.15) is 18.5 Å². The Labute approximate surface area is 257 Å². The van der Waals surface area contributed by atoms with Crippen molar-refractivity contribution in [2.75, 3.05) is 7.11 Å². The van der Waals surface area contributed by atoms with E-state index in [9.17, 15) is 4.79 Å². The van der Waals surface area contributed by atoms with Crippen LogP contribution in [0.1, 0.15) is 33.7 Å². The molecule has 3 aromatic heterocycles. The number of ether oxygens (including phenoxy) is 3. The summed E-state index contributed by atoms with van der Waals surface area (Å²) in [5, 5.41) is 5.42. The van der Waals surface area contributed by atoms with Crippen molar-refractivity contribution in [1.29, 1.82) is 0 Å². The van der Waals surface area contributed by atoms with Gasteiger partial charge in [-0.15, -0.1) is 5.10 Å². The molecule has 220 valence electrons. The molecule has 0 amide bonds. The molecular weight excluding hydrogens is 568 g/mol. The zero-order chi connectivity index (χ0) is 30.5. The van der Waals surface area contributed by atoms with Crippen LogP contribution in [0.4, 0.5) is 0 Å². The van der Waals surface area contributed by atoms with Crippen LogP contribution >= 0.6 is 0 Å². The van der Waals surface area contributed by atoms with Crippen LogP contribution in [0.15, 0.2) is 113 Å². The van der Waals surface area contributed by atoms with Gasteiger partial charge >= 0.3 is 5.63 Å². The molecule has 9 nitrogen and oxygen atoms in total. The van der Waals surface area contributed by atoms with Gasteiger partial charge in [-0.05, 0) is 47.9 Å². The van der Waals surface area contributed by atoms with Crippen LogP contribution in [0.25, 0.3) is 28.0 Å². The summed E-state index contributed by atoms with van der Waals surface area (Å²) in [6.07, 6.45) is 1.58. The maximum atomic E-state index is 13.8. The molecule has 0 bridgehead atoms. The van der Waals surface area contributed by atoms with Gasteiger partial charge in [-0.3, -0.25) is 0 Å². The number of benzene rings is 4.